The van der Waals surface area contributed by atoms with Crippen molar-refractivity contribution in [1.82, 2.24) is 19.4 Å². The number of nitrogens with one attached hydrogen (secondary N) is 1. The number of β-amino-alcohol motifs (C(OH)–C–C–N with tert-alkyl or cyclic N) is 2. The van der Waals surface area contributed by atoms with Gasteiger partial charge in [0.25, 0.3) is 0 Å². The Balaban J connectivity index is 0.000000168. The number of aliphatic imine (C=N–C) groups is 2. The second-order valence-corrected chi connectivity index (χ2v) is 14.6. The Morgan fingerprint density at radius 2 is 1.12 bits per heavy atom. The molecule has 9 nitrogen and oxygen atoms in total. The summed E-state index contributed by atoms with van der Waals surface area (Å²) in [6.45, 7) is 7.34. The van der Waals surface area contributed by atoms with Crippen LogP contribution in [0.15, 0.2) is 132 Å². The highest BCUT2D eigenvalue weighted by molar-refractivity contribution is 5.91. The van der Waals surface area contributed by atoms with Crippen LogP contribution >= 0.6 is 12.4 Å². The van der Waals surface area contributed by atoms with E-state index in [4.69, 9.17) is 5.11 Å². The van der Waals surface area contributed by atoms with E-state index >= 15 is 0 Å². The van der Waals surface area contributed by atoms with Crippen LogP contribution in [0.1, 0.15) is 45.6 Å². The van der Waals surface area contributed by atoms with E-state index in [0.29, 0.717) is 5.56 Å². The molecule has 4 aliphatic heterocycles. The molecule has 2 fully saturated rings. The molecule has 10 rings (SSSR count). The molecule has 4 aromatic carbocycles. The first kappa shape index (κ1) is 41.2. The van der Waals surface area contributed by atoms with Gasteiger partial charge in [0.2, 0.25) is 0 Å². The average molecular weight is 783 g/mol. The van der Waals surface area contributed by atoms with Gasteiger partial charge in [0.15, 0.2) is 0 Å². The molecule has 0 aliphatic carbocycles. The molecule has 6 heterocycles. The molecular formula is C47H51ClN6O3. The molecule has 0 bridgehead atoms. The summed E-state index contributed by atoms with van der Waals surface area (Å²) in [5, 5.41) is 23.1. The van der Waals surface area contributed by atoms with E-state index in [1.165, 1.54) is 49.9 Å². The van der Waals surface area contributed by atoms with Gasteiger partial charge < -0.3 is 24.7 Å². The van der Waals surface area contributed by atoms with Crippen LogP contribution in [0.3, 0.4) is 0 Å². The number of allylic oxidation sites excluding steroid dienone is 2. The number of benzene rings is 4. The van der Waals surface area contributed by atoms with Gasteiger partial charge in [0.05, 0.1) is 25.3 Å². The van der Waals surface area contributed by atoms with Gasteiger partial charge in [0.1, 0.15) is 6.29 Å². The summed E-state index contributed by atoms with van der Waals surface area (Å²) in [7, 11) is 0. The molecule has 6 aromatic rings. The minimum absolute atomic E-state index is 0. The van der Waals surface area contributed by atoms with Crippen LogP contribution < -0.4 is 5.32 Å². The van der Waals surface area contributed by atoms with Crippen molar-refractivity contribution in [1.29, 1.82) is 0 Å². The third kappa shape index (κ3) is 10.1. The van der Waals surface area contributed by atoms with E-state index in [2.05, 4.69) is 133 Å². The number of hydrogen-bond acceptors (Lipinski definition) is 7. The predicted octanol–water partition coefficient (Wildman–Crippen LogP) is 7.31. The number of rotatable bonds is 9. The van der Waals surface area contributed by atoms with Gasteiger partial charge in [-0.25, -0.2) is 0 Å². The van der Waals surface area contributed by atoms with E-state index in [0.717, 1.165) is 76.1 Å². The summed E-state index contributed by atoms with van der Waals surface area (Å²) in [6, 6.07) is 34.2. The molecule has 57 heavy (non-hydrogen) atoms. The van der Waals surface area contributed by atoms with Crippen molar-refractivity contribution in [2.45, 2.75) is 39.3 Å². The minimum Gasteiger partial charge on any atom is -0.390 e. The van der Waals surface area contributed by atoms with Crippen LogP contribution in [-0.2, 0) is 19.6 Å². The number of carbonyl (C=O) groups is 1. The van der Waals surface area contributed by atoms with Crippen LogP contribution in [0, 0.1) is 0 Å². The molecule has 0 unspecified atom stereocenters. The lowest BCUT2D eigenvalue weighted by Gasteiger charge is -2.35. The highest BCUT2D eigenvalue weighted by Gasteiger charge is 2.24. The van der Waals surface area contributed by atoms with Crippen LogP contribution in [0.4, 0.5) is 0 Å². The first-order valence-electron chi connectivity index (χ1n) is 18.9. The van der Waals surface area contributed by atoms with Crippen molar-refractivity contribution >= 4 is 64.1 Å². The molecule has 0 spiro atoms. The largest absolute Gasteiger partial charge is 0.390 e. The van der Waals surface area contributed by atoms with Crippen molar-refractivity contribution in [2.24, 2.45) is 9.98 Å². The molecule has 4 aliphatic rings. The zero-order chi connectivity index (χ0) is 37.6. The first-order chi connectivity index (χ1) is 27.0. The van der Waals surface area contributed by atoms with Gasteiger partial charge in [0, 0.05) is 92.6 Å². The van der Waals surface area contributed by atoms with Gasteiger partial charge in [-0.2, -0.15) is 0 Å². The topological polar surface area (TPSA) is 107 Å². The number of aromatic nitrogens is 2. The number of hydrogen-bond donors (Lipinski definition) is 3. The number of aliphatic hydroxyl groups excluding tert-OH is 2. The number of aldehydes is 1. The number of likely N-dealkylation sites (tertiary alicyclic amines) is 1. The Bertz CT molecular complexity index is 2400. The second-order valence-electron chi connectivity index (χ2n) is 14.6. The molecule has 0 saturated carbocycles. The first-order valence-corrected chi connectivity index (χ1v) is 18.9. The number of nitrogens with zero attached hydrogens (tertiary/aromatic N) is 5. The second kappa shape index (κ2) is 19.1. The highest BCUT2D eigenvalue weighted by atomic mass is 35.5. The number of fused-ring (bicyclic) bond motifs is 2. The quantitative estimate of drug-likeness (QED) is 0.134. The maximum Gasteiger partial charge on any atom is 0.150 e. The Morgan fingerprint density at radius 3 is 1.56 bits per heavy atom. The van der Waals surface area contributed by atoms with Gasteiger partial charge in [-0.1, -0.05) is 62.0 Å². The minimum atomic E-state index is -0.140. The maximum absolute atomic E-state index is 10.9. The third-order valence-electron chi connectivity index (χ3n) is 10.5. The standard InChI is InChI=1S/C23H23N3O.C20H16N2O.C3H7NO.CH4.ClH/c27-22-15-25(16-22)13-18-3-6-23-20(11-18)8-10-26(23)14-17-1-4-19(5-2-17)21-7-9-24-12-21;23-14-16-3-6-20-18(11-16)8-10-22(20)13-15-1-4-17(5-2-15)19-7-9-21-12-19;5-3-1-4-2-3;;/h1-11,22,27H,12-16H2;1-11,14H,12-13H2;3-5H,1-2H2;1H4;1H. The molecule has 0 atom stereocenters. The molecular weight excluding hydrogens is 732 g/mol. The van der Waals surface area contributed by atoms with Gasteiger partial charge >= 0.3 is 0 Å². The fourth-order valence-corrected chi connectivity index (χ4v) is 7.23. The lowest BCUT2D eigenvalue weighted by molar-refractivity contribution is -0.00284. The Hall–Kier alpha value is -5.42. The fraction of sp³-hybridized carbons (Fsp3) is 0.255. The molecule has 0 amide bonds. The molecule has 2 saturated heterocycles. The molecule has 10 heteroatoms. The van der Waals surface area contributed by atoms with Gasteiger partial charge in [-0.05, 0) is 99.0 Å². The Morgan fingerprint density at radius 1 is 0.632 bits per heavy atom. The van der Waals surface area contributed by atoms with E-state index in [1.807, 2.05) is 30.6 Å². The maximum atomic E-state index is 10.9. The normalized spacial score (nSPS) is 16.0. The van der Waals surface area contributed by atoms with Crippen molar-refractivity contribution in [3.63, 3.8) is 0 Å². The van der Waals surface area contributed by atoms with Crippen LogP contribution in [0.2, 0.25) is 0 Å². The van der Waals surface area contributed by atoms with Crippen molar-refractivity contribution in [3.05, 3.63) is 155 Å². The fourth-order valence-electron chi connectivity index (χ4n) is 7.23. The van der Waals surface area contributed by atoms with Gasteiger partial charge in [-0.15, -0.1) is 12.4 Å². The Kier molecular flexibility index (Phi) is 13.8. The molecule has 2 aromatic heterocycles. The summed E-state index contributed by atoms with van der Waals surface area (Å²) in [5.41, 5.74) is 12.0. The number of carbonyl (C=O) groups excluding carboxylic acids is 1. The summed E-state index contributed by atoms with van der Waals surface area (Å²) in [4.78, 5) is 21.6. The van der Waals surface area contributed by atoms with Crippen LogP contribution in [0.25, 0.3) is 33.0 Å². The van der Waals surface area contributed by atoms with E-state index in [-0.39, 0.29) is 32.0 Å². The van der Waals surface area contributed by atoms with Crippen molar-refractivity contribution in [2.75, 3.05) is 39.3 Å². The van der Waals surface area contributed by atoms with Crippen LogP contribution in [-0.4, -0.2) is 94.4 Å². The van der Waals surface area contributed by atoms with E-state index < -0.39 is 0 Å². The summed E-state index contributed by atoms with van der Waals surface area (Å²) in [5.74, 6) is 0. The zero-order valence-corrected chi connectivity index (χ0v) is 32.1. The van der Waals surface area contributed by atoms with Crippen LogP contribution in [0.5, 0.6) is 0 Å². The summed E-state index contributed by atoms with van der Waals surface area (Å²) < 4.78 is 4.51. The predicted molar refractivity (Wildman–Crippen MR) is 237 cm³/mol. The van der Waals surface area contributed by atoms with Gasteiger partial charge in [-0.3, -0.25) is 19.7 Å². The van der Waals surface area contributed by atoms with E-state index in [1.54, 1.807) is 0 Å². The molecule has 3 N–H and O–H groups in total. The van der Waals surface area contributed by atoms with Crippen molar-refractivity contribution < 1.29 is 15.0 Å². The summed E-state index contributed by atoms with van der Waals surface area (Å²) in [6.07, 6.45) is 12.8. The Labute approximate surface area is 340 Å². The monoisotopic (exact) mass is 782 g/mol. The number of aliphatic hydroxyl groups is 2. The molecule has 0 radical (unpaired) electrons. The summed E-state index contributed by atoms with van der Waals surface area (Å²) >= 11 is 0. The smallest absolute Gasteiger partial charge is 0.150 e. The lowest BCUT2D eigenvalue weighted by atomic mass is 10.0. The third-order valence-corrected chi connectivity index (χ3v) is 10.5. The average Bonchev–Trinajstić information content (AvgIpc) is 4.04. The zero-order valence-electron chi connectivity index (χ0n) is 31.2. The SMILES string of the molecule is C.Cl.O=Cc1ccc2c(ccn2Cc2ccc(C3=CC=NC3)cc2)c1.OC1CN(Cc2ccc3c(ccn3Cc3ccc(C4=CC=NC4)cc3)c2)C1.OC1CNC1. The number of halogens is 1. The molecule has 294 valence electrons. The van der Waals surface area contributed by atoms with Crippen molar-refractivity contribution in [3.8, 4) is 0 Å². The van der Waals surface area contributed by atoms with E-state index in [9.17, 15) is 9.90 Å². The lowest BCUT2D eigenvalue weighted by Crippen LogP contribution is -2.49. The highest BCUT2D eigenvalue weighted by Crippen LogP contribution is 2.24.